The molecule has 14 heteroatoms. The zero-order chi connectivity index (χ0) is 27.1. The molecular weight excluding hydrogens is 567 g/mol. The number of benzene rings is 2. The van der Waals surface area contributed by atoms with Crippen molar-refractivity contribution in [3.05, 3.63) is 78.2 Å². The van der Waals surface area contributed by atoms with Gasteiger partial charge < -0.3 is 25.7 Å². The first kappa shape index (κ1) is 33.9. The smallest absolute Gasteiger partial charge is 0.250 e. The van der Waals surface area contributed by atoms with Gasteiger partial charge in [0.1, 0.15) is 6.04 Å². The van der Waals surface area contributed by atoms with Crippen LogP contribution in [-0.2, 0) is 37.5 Å². The van der Waals surface area contributed by atoms with Gasteiger partial charge in [-0.15, -0.1) is 24.8 Å². The number of sulfonamides is 1. The van der Waals surface area contributed by atoms with Crippen LogP contribution in [0.4, 0.5) is 11.5 Å². The van der Waals surface area contributed by atoms with E-state index in [-0.39, 0.29) is 43.8 Å². The summed E-state index contributed by atoms with van der Waals surface area (Å²) in [5.41, 5.74) is 6.79. The van der Waals surface area contributed by atoms with E-state index in [9.17, 15) is 18.0 Å². The van der Waals surface area contributed by atoms with Crippen LogP contribution in [0.5, 0.6) is 0 Å². The second kappa shape index (κ2) is 14.8. The number of para-hydroxylation sites is 1. The minimum atomic E-state index is -3.45. The molecule has 11 nitrogen and oxygen atoms in total. The fourth-order valence-electron chi connectivity index (χ4n) is 3.27. The minimum absolute atomic E-state index is 0. The first-order valence-electron chi connectivity index (χ1n) is 11.5. The number of rotatable bonds is 12. The van der Waals surface area contributed by atoms with Crippen LogP contribution in [0.2, 0.25) is 0 Å². The topological polar surface area (TPSA) is 157 Å². The first-order valence-corrected chi connectivity index (χ1v) is 13.4. The monoisotopic (exact) mass is 600 g/mol. The molecule has 5 N–H and O–H groups in total. The Bertz CT molecular complexity index is 1330. The molecule has 1 heterocycles. The summed E-state index contributed by atoms with van der Waals surface area (Å²) >= 11 is 0. The third-order valence-corrected chi connectivity index (χ3v) is 5.74. The number of anilines is 2. The summed E-state index contributed by atoms with van der Waals surface area (Å²) in [6, 6.07) is 15.4. The van der Waals surface area contributed by atoms with E-state index in [1.807, 2.05) is 30.3 Å². The highest BCUT2D eigenvalue weighted by atomic mass is 35.5. The quantitative estimate of drug-likeness (QED) is 0.249. The van der Waals surface area contributed by atoms with Crippen molar-refractivity contribution in [3.63, 3.8) is 0 Å². The largest absolute Gasteiger partial charge is 0.374 e. The Labute approximate surface area is 240 Å². The SMILES string of the molecule is CC(C)(N)C(=O)N[C@H](COCc1ccccc1)C(=O)Nc1cn(Cc2ccccc2NS(C)(=O)=O)cn1.Cl.Cl. The molecule has 0 aliphatic carbocycles. The minimum Gasteiger partial charge on any atom is -0.374 e. The average molecular weight is 602 g/mol. The molecule has 0 radical (unpaired) electrons. The molecule has 0 spiro atoms. The Morgan fingerprint density at radius 1 is 1.08 bits per heavy atom. The zero-order valence-corrected chi connectivity index (χ0v) is 24.2. The number of carbonyl (C=O) groups is 2. The van der Waals surface area contributed by atoms with Gasteiger partial charge in [0, 0.05) is 6.20 Å². The van der Waals surface area contributed by atoms with Crippen molar-refractivity contribution in [2.45, 2.75) is 38.6 Å². The Kier molecular flexibility index (Phi) is 12.9. The molecule has 3 rings (SSSR count). The lowest BCUT2D eigenvalue weighted by molar-refractivity contribution is -0.130. The van der Waals surface area contributed by atoms with Crippen LogP contribution < -0.4 is 21.1 Å². The second-order valence-electron chi connectivity index (χ2n) is 9.20. The van der Waals surface area contributed by atoms with Crippen molar-refractivity contribution in [1.29, 1.82) is 0 Å². The predicted octanol–water partition coefficient (Wildman–Crippen LogP) is 2.52. The number of ether oxygens (including phenoxy) is 1. The number of halogens is 2. The van der Waals surface area contributed by atoms with Gasteiger partial charge in [-0.1, -0.05) is 48.5 Å². The van der Waals surface area contributed by atoms with Gasteiger partial charge in [0.25, 0.3) is 5.91 Å². The van der Waals surface area contributed by atoms with Crippen molar-refractivity contribution in [3.8, 4) is 0 Å². The maximum atomic E-state index is 13.0. The normalized spacial score (nSPS) is 11.9. The lowest BCUT2D eigenvalue weighted by atomic mass is 10.1. The molecule has 0 fully saturated rings. The van der Waals surface area contributed by atoms with Crippen molar-refractivity contribution in [2.75, 3.05) is 22.9 Å². The number of hydrogen-bond donors (Lipinski definition) is 4. The van der Waals surface area contributed by atoms with Crippen molar-refractivity contribution in [1.82, 2.24) is 14.9 Å². The third-order valence-electron chi connectivity index (χ3n) is 5.15. The van der Waals surface area contributed by atoms with Crippen LogP contribution in [0.3, 0.4) is 0 Å². The first-order chi connectivity index (χ1) is 17.4. The number of amides is 2. The molecule has 0 bridgehead atoms. The van der Waals surface area contributed by atoms with Crippen molar-refractivity contribution < 1.29 is 22.7 Å². The van der Waals surface area contributed by atoms with E-state index < -0.39 is 33.4 Å². The van der Waals surface area contributed by atoms with Gasteiger partial charge in [-0.05, 0) is 31.0 Å². The lowest BCUT2D eigenvalue weighted by Crippen LogP contribution is -2.56. The zero-order valence-electron chi connectivity index (χ0n) is 21.8. The number of aromatic nitrogens is 2. The summed E-state index contributed by atoms with van der Waals surface area (Å²) in [4.78, 5) is 29.7. The highest BCUT2D eigenvalue weighted by Crippen LogP contribution is 2.18. The van der Waals surface area contributed by atoms with Crippen LogP contribution in [0.25, 0.3) is 0 Å². The molecule has 2 aromatic carbocycles. The Hall–Kier alpha value is -3.16. The molecule has 1 aromatic heterocycles. The molecule has 0 aliphatic rings. The van der Waals surface area contributed by atoms with E-state index in [2.05, 4.69) is 20.3 Å². The van der Waals surface area contributed by atoms with E-state index in [1.165, 1.54) is 6.33 Å². The van der Waals surface area contributed by atoms with Gasteiger partial charge in [-0.3, -0.25) is 14.3 Å². The predicted molar refractivity (Wildman–Crippen MR) is 156 cm³/mol. The fraction of sp³-hybridized carbons (Fsp3) is 0.320. The van der Waals surface area contributed by atoms with Crippen molar-refractivity contribution in [2.24, 2.45) is 5.73 Å². The van der Waals surface area contributed by atoms with Crippen molar-refractivity contribution >= 4 is 58.2 Å². The second-order valence-corrected chi connectivity index (χ2v) is 10.9. The molecular formula is C25H34Cl2N6O5S. The van der Waals surface area contributed by atoms with Crippen LogP contribution in [0, 0.1) is 0 Å². The third kappa shape index (κ3) is 11.2. The van der Waals surface area contributed by atoms with Crippen LogP contribution >= 0.6 is 24.8 Å². The molecule has 0 saturated heterocycles. The summed E-state index contributed by atoms with van der Waals surface area (Å²) in [5, 5.41) is 5.33. The number of imidazole rings is 1. The molecule has 2 amide bonds. The van der Waals surface area contributed by atoms with E-state index in [1.54, 1.807) is 48.9 Å². The maximum absolute atomic E-state index is 13.0. The van der Waals surface area contributed by atoms with Gasteiger partial charge in [0.15, 0.2) is 5.82 Å². The van der Waals surface area contributed by atoms with Gasteiger partial charge in [-0.25, -0.2) is 13.4 Å². The molecule has 0 saturated carbocycles. The van der Waals surface area contributed by atoms with E-state index >= 15 is 0 Å². The number of nitrogens with two attached hydrogens (primary N) is 1. The summed E-state index contributed by atoms with van der Waals surface area (Å²) in [6.07, 6.45) is 4.19. The van der Waals surface area contributed by atoms with Crippen LogP contribution in [0.1, 0.15) is 25.0 Å². The van der Waals surface area contributed by atoms with E-state index in [0.717, 1.165) is 11.8 Å². The molecule has 1 atom stereocenters. The van der Waals surface area contributed by atoms with Crippen LogP contribution in [0.15, 0.2) is 67.1 Å². The Morgan fingerprint density at radius 3 is 2.36 bits per heavy atom. The van der Waals surface area contributed by atoms with Gasteiger partial charge >= 0.3 is 0 Å². The molecule has 3 aromatic rings. The summed E-state index contributed by atoms with van der Waals surface area (Å²) in [7, 11) is -3.45. The number of carbonyl (C=O) groups excluding carboxylic acids is 2. The lowest BCUT2D eigenvalue weighted by Gasteiger charge is -2.23. The molecule has 0 unspecified atom stereocenters. The molecule has 39 heavy (non-hydrogen) atoms. The highest BCUT2D eigenvalue weighted by molar-refractivity contribution is 7.92. The molecule has 214 valence electrons. The van der Waals surface area contributed by atoms with Crippen LogP contribution in [-0.4, -0.2) is 54.2 Å². The maximum Gasteiger partial charge on any atom is 0.250 e. The van der Waals surface area contributed by atoms with E-state index in [4.69, 9.17) is 10.5 Å². The van der Waals surface area contributed by atoms with Gasteiger partial charge in [0.05, 0.1) is 43.6 Å². The number of nitrogens with zero attached hydrogens (tertiary/aromatic N) is 2. The molecule has 0 aliphatic heterocycles. The fourth-order valence-corrected chi connectivity index (χ4v) is 3.87. The Balaban J connectivity index is 0.00000380. The summed E-state index contributed by atoms with van der Waals surface area (Å²) in [5.74, 6) is -0.764. The standard InChI is InChI=1S/C25H32N6O5S.2ClH/c1-25(2,26)24(33)28-21(16-36-15-18-9-5-4-6-10-18)23(32)29-22-14-31(17-27-22)13-19-11-7-8-12-20(19)30-37(3,34)35;;/h4-12,14,17,21,30H,13,15-16,26H2,1-3H3,(H,28,33)(H,29,32);2*1H/t21-;;/m1../s1. The number of nitrogens with one attached hydrogen (secondary N) is 3. The summed E-state index contributed by atoms with van der Waals surface area (Å²) in [6.45, 7) is 3.58. The highest BCUT2D eigenvalue weighted by Gasteiger charge is 2.28. The number of hydrogen-bond acceptors (Lipinski definition) is 7. The van der Waals surface area contributed by atoms with E-state index in [0.29, 0.717) is 17.8 Å². The Morgan fingerprint density at radius 2 is 1.72 bits per heavy atom. The van der Waals surface area contributed by atoms with Gasteiger partial charge in [-0.2, -0.15) is 0 Å². The average Bonchev–Trinajstić information content (AvgIpc) is 3.25. The van der Waals surface area contributed by atoms with Gasteiger partial charge in [0.2, 0.25) is 15.9 Å². The summed E-state index contributed by atoms with van der Waals surface area (Å²) < 4.78 is 33.2.